The molecule has 1 unspecified atom stereocenters. The molecule has 142 valence electrons. The lowest BCUT2D eigenvalue weighted by Crippen LogP contribution is -2.43. The van der Waals surface area contributed by atoms with Crippen LogP contribution in [0.15, 0.2) is 36.7 Å². The SMILES string of the molecule is CN1CCCc2cc(CNC(=O)C3CCCN(c4ncccn4)C3)ccc21. The molecule has 6 heteroatoms. The zero-order valence-corrected chi connectivity index (χ0v) is 15.9. The maximum atomic E-state index is 12.7. The highest BCUT2D eigenvalue weighted by Crippen LogP contribution is 2.27. The van der Waals surface area contributed by atoms with Crippen LogP contribution in [-0.2, 0) is 17.8 Å². The number of piperidine rings is 1. The molecule has 3 heterocycles. The van der Waals surface area contributed by atoms with E-state index in [2.05, 4.69) is 50.3 Å². The van der Waals surface area contributed by atoms with E-state index in [1.54, 1.807) is 12.4 Å². The first-order chi connectivity index (χ1) is 13.2. The molecule has 1 atom stereocenters. The number of hydrogen-bond acceptors (Lipinski definition) is 5. The largest absolute Gasteiger partial charge is 0.374 e. The molecule has 2 aliphatic heterocycles. The molecule has 6 nitrogen and oxygen atoms in total. The minimum Gasteiger partial charge on any atom is -0.374 e. The predicted molar refractivity (Wildman–Crippen MR) is 107 cm³/mol. The molecule has 1 N–H and O–H groups in total. The lowest BCUT2D eigenvalue weighted by molar-refractivity contribution is -0.125. The normalized spacial score (nSPS) is 19.5. The van der Waals surface area contributed by atoms with Crippen molar-refractivity contribution in [1.82, 2.24) is 15.3 Å². The summed E-state index contributed by atoms with van der Waals surface area (Å²) in [5, 5.41) is 3.14. The number of rotatable bonds is 4. The summed E-state index contributed by atoms with van der Waals surface area (Å²) in [6.07, 6.45) is 7.72. The predicted octanol–water partition coefficient (Wildman–Crippen LogP) is 2.39. The second kappa shape index (κ2) is 7.94. The maximum absolute atomic E-state index is 12.7. The molecule has 2 aliphatic rings. The fourth-order valence-corrected chi connectivity index (χ4v) is 4.11. The molecular formula is C21H27N5O. The number of hydrogen-bond donors (Lipinski definition) is 1. The molecule has 0 bridgehead atoms. The highest BCUT2D eigenvalue weighted by Gasteiger charge is 2.27. The Kier molecular flexibility index (Phi) is 5.23. The van der Waals surface area contributed by atoms with Gasteiger partial charge in [0, 0.05) is 51.3 Å². The Morgan fingerprint density at radius 2 is 2.07 bits per heavy atom. The molecule has 0 saturated carbocycles. The van der Waals surface area contributed by atoms with Crippen molar-refractivity contribution in [3.05, 3.63) is 47.8 Å². The van der Waals surface area contributed by atoms with Gasteiger partial charge in [-0.1, -0.05) is 12.1 Å². The van der Waals surface area contributed by atoms with Crippen LogP contribution in [0.5, 0.6) is 0 Å². The Balaban J connectivity index is 1.35. The first-order valence-electron chi connectivity index (χ1n) is 9.83. The summed E-state index contributed by atoms with van der Waals surface area (Å²) < 4.78 is 0. The number of carbonyl (C=O) groups is 1. The van der Waals surface area contributed by atoms with E-state index in [9.17, 15) is 4.79 Å². The van der Waals surface area contributed by atoms with E-state index in [0.717, 1.165) is 32.4 Å². The number of anilines is 2. The lowest BCUT2D eigenvalue weighted by atomic mass is 9.97. The standard InChI is InChI=1S/C21H27N5O/c1-25-11-2-5-17-13-16(7-8-19(17)25)14-24-20(27)18-6-3-12-26(15-18)21-22-9-4-10-23-21/h4,7-10,13,18H,2-3,5-6,11-12,14-15H2,1H3,(H,24,27). The molecule has 27 heavy (non-hydrogen) atoms. The number of carbonyl (C=O) groups excluding carboxylic acids is 1. The molecule has 1 aromatic heterocycles. The van der Waals surface area contributed by atoms with Crippen molar-refractivity contribution >= 4 is 17.5 Å². The average molecular weight is 365 g/mol. The van der Waals surface area contributed by atoms with Gasteiger partial charge in [0.2, 0.25) is 11.9 Å². The smallest absolute Gasteiger partial charge is 0.225 e. The van der Waals surface area contributed by atoms with Crippen LogP contribution in [-0.4, -0.2) is 42.6 Å². The Morgan fingerprint density at radius 1 is 1.22 bits per heavy atom. The number of nitrogens with one attached hydrogen (secondary N) is 1. The van der Waals surface area contributed by atoms with Gasteiger partial charge in [0.1, 0.15) is 0 Å². The van der Waals surface area contributed by atoms with Gasteiger partial charge in [-0.3, -0.25) is 4.79 Å². The molecule has 1 saturated heterocycles. The van der Waals surface area contributed by atoms with Crippen molar-refractivity contribution < 1.29 is 4.79 Å². The minimum absolute atomic E-state index is 0.00804. The van der Waals surface area contributed by atoms with Gasteiger partial charge in [-0.25, -0.2) is 9.97 Å². The van der Waals surface area contributed by atoms with Crippen LogP contribution in [0.25, 0.3) is 0 Å². The van der Waals surface area contributed by atoms with Gasteiger partial charge in [-0.05, 0) is 48.9 Å². The third-order valence-corrected chi connectivity index (χ3v) is 5.59. The monoisotopic (exact) mass is 365 g/mol. The van der Waals surface area contributed by atoms with Crippen LogP contribution in [0.4, 0.5) is 11.6 Å². The summed E-state index contributed by atoms with van der Waals surface area (Å²) >= 11 is 0. The molecule has 1 amide bonds. The molecule has 0 aliphatic carbocycles. The third-order valence-electron chi connectivity index (χ3n) is 5.59. The topological polar surface area (TPSA) is 61.4 Å². The van der Waals surface area contributed by atoms with Crippen LogP contribution in [0.1, 0.15) is 30.4 Å². The lowest BCUT2D eigenvalue weighted by Gasteiger charge is -2.32. The third kappa shape index (κ3) is 4.04. The molecule has 0 radical (unpaired) electrons. The number of benzene rings is 1. The minimum atomic E-state index is -0.00804. The number of nitrogens with zero attached hydrogens (tertiary/aromatic N) is 4. The summed E-state index contributed by atoms with van der Waals surface area (Å²) in [5.41, 5.74) is 3.89. The number of fused-ring (bicyclic) bond motifs is 1. The molecule has 2 aromatic rings. The van der Waals surface area contributed by atoms with Gasteiger partial charge in [-0.2, -0.15) is 0 Å². The van der Waals surface area contributed by atoms with Crippen LogP contribution < -0.4 is 15.1 Å². The van der Waals surface area contributed by atoms with Gasteiger partial charge >= 0.3 is 0 Å². The number of amides is 1. The number of aromatic nitrogens is 2. The van der Waals surface area contributed by atoms with E-state index in [0.29, 0.717) is 19.0 Å². The van der Waals surface area contributed by atoms with Crippen LogP contribution in [0.3, 0.4) is 0 Å². The van der Waals surface area contributed by atoms with Crippen molar-refractivity contribution in [1.29, 1.82) is 0 Å². The second-order valence-electron chi connectivity index (χ2n) is 7.54. The van der Waals surface area contributed by atoms with Gasteiger partial charge in [0.15, 0.2) is 0 Å². The summed E-state index contributed by atoms with van der Waals surface area (Å²) in [7, 11) is 2.14. The molecular weight excluding hydrogens is 338 g/mol. The average Bonchev–Trinajstić information content (AvgIpc) is 2.73. The van der Waals surface area contributed by atoms with E-state index in [-0.39, 0.29) is 11.8 Å². The van der Waals surface area contributed by atoms with E-state index < -0.39 is 0 Å². The Hall–Kier alpha value is -2.63. The number of aryl methyl sites for hydroxylation is 1. The maximum Gasteiger partial charge on any atom is 0.225 e. The Morgan fingerprint density at radius 3 is 2.93 bits per heavy atom. The Labute approximate surface area is 160 Å². The van der Waals surface area contributed by atoms with E-state index >= 15 is 0 Å². The highest BCUT2D eigenvalue weighted by molar-refractivity contribution is 5.79. The molecule has 0 spiro atoms. The van der Waals surface area contributed by atoms with Gasteiger partial charge in [0.05, 0.1) is 5.92 Å². The van der Waals surface area contributed by atoms with Crippen molar-refractivity contribution in [2.24, 2.45) is 5.92 Å². The highest BCUT2D eigenvalue weighted by atomic mass is 16.1. The zero-order valence-electron chi connectivity index (χ0n) is 15.9. The van der Waals surface area contributed by atoms with Gasteiger partial charge in [-0.15, -0.1) is 0 Å². The van der Waals surface area contributed by atoms with Gasteiger partial charge < -0.3 is 15.1 Å². The molecule has 1 aromatic carbocycles. The fraction of sp³-hybridized carbons (Fsp3) is 0.476. The molecule has 4 rings (SSSR count). The molecule has 1 fully saturated rings. The van der Waals surface area contributed by atoms with Crippen LogP contribution in [0.2, 0.25) is 0 Å². The zero-order chi connectivity index (χ0) is 18.6. The summed E-state index contributed by atoms with van der Waals surface area (Å²) in [4.78, 5) is 25.8. The van der Waals surface area contributed by atoms with Crippen LogP contribution >= 0.6 is 0 Å². The van der Waals surface area contributed by atoms with E-state index in [4.69, 9.17) is 0 Å². The second-order valence-corrected chi connectivity index (χ2v) is 7.54. The summed E-state index contributed by atoms with van der Waals surface area (Å²) in [5.74, 6) is 0.839. The first kappa shape index (κ1) is 17.8. The van der Waals surface area contributed by atoms with Crippen LogP contribution in [0, 0.1) is 5.92 Å². The quantitative estimate of drug-likeness (QED) is 0.901. The van der Waals surface area contributed by atoms with Crippen molar-refractivity contribution in [3.8, 4) is 0 Å². The van der Waals surface area contributed by atoms with E-state index in [1.165, 1.54) is 23.2 Å². The first-order valence-corrected chi connectivity index (χ1v) is 9.83. The van der Waals surface area contributed by atoms with E-state index in [1.807, 2.05) is 6.07 Å². The fourth-order valence-electron chi connectivity index (χ4n) is 4.11. The summed E-state index contributed by atoms with van der Waals surface area (Å²) in [6, 6.07) is 8.38. The van der Waals surface area contributed by atoms with Crippen molar-refractivity contribution in [2.45, 2.75) is 32.2 Å². The summed E-state index contributed by atoms with van der Waals surface area (Å²) in [6.45, 7) is 3.30. The Bertz CT molecular complexity index is 794. The van der Waals surface area contributed by atoms with Crippen molar-refractivity contribution in [2.75, 3.05) is 36.5 Å². The van der Waals surface area contributed by atoms with Crippen molar-refractivity contribution in [3.63, 3.8) is 0 Å². The van der Waals surface area contributed by atoms with Gasteiger partial charge in [0.25, 0.3) is 0 Å².